The fraction of sp³-hybridized carbons (Fsp3) is 0.350. The fourth-order valence-corrected chi connectivity index (χ4v) is 3.49. The van der Waals surface area contributed by atoms with Crippen molar-refractivity contribution >= 4 is 29.1 Å². The Morgan fingerprint density at radius 3 is 2.70 bits per heavy atom. The highest BCUT2D eigenvalue weighted by Gasteiger charge is 2.33. The Morgan fingerprint density at radius 1 is 1.26 bits per heavy atom. The second-order valence-corrected chi connectivity index (χ2v) is 8.08. The van der Waals surface area contributed by atoms with Crippen LogP contribution in [-0.4, -0.2) is 27.4 Å². The van der Waals surface area contributed by atoms with Gasteiger partial charge in [-0.1, -0.05) is 11.6 Å². The minimum Gasteiger partial charge on any atom is -0.508 e. The highest BCUT2D eigenvalue weighted by molar-refractivity contribution is 6.31. The number of nitrogens with one attached hydrogen (secondary N) is 2. The lowest BCUT2D eigenvalue weighted by atomic mass is 9.99. The second kappa shape index (κ2) is 7.19. The number of hydrogen-bond acceptors (Lipinski definition) is 4. The van der Waals surface area contributed by atoms with Crippen molar-refractivity contribution in [3.05, 3.63) is 52.3 Å². The lowest BCUT2D eigenvalue weighted by Gasteiger charge is -2.20. The number of amides is 2. The van der Waals surface area contributed by atoms with Gasteiger partial charge in [-0.2, -0.15) is 0 Å². The van der Waals surface area contributed by atoms with Crippen LogP contribution < -0.4 is 10.6 Å². The maximum atomic E-state index is 12.8. The Labute approximate surface area is 163 Å². The van der Waals surface area contributed by atoms with Gasteiger partial charge in [-0.25, -0.2) is 0 Å². The smallest absolute Gasteiger partial charge is 0.270 e. The molecular formula is C20H22ClN3O3. The standard InChI is InChI=1S/C20H22ClN3O3/c1-20(2,3)24-19(27)15-10-11(8-9-22-15)23-18(26)13-5-4-12-14(21)6-7-16(25)17(12)13/h6-10,13,25H,4-5H2,1-3H3,(H,24,27)(H,22,23,26)/t13-/m1/s1. The zero-order chi connectivity index (χ0) is 19.8. The van der Waals surface area contributed by atoms with Crippen LogP contribution in [0.2, 0.25) is 5.02 Å². The van der Waals surface area contributed by atoms with E-state index in [-0.39, 0.29) is 28.8 Å². The number of aromatic nitrogens is 1. The number of phenolic OH excluding ortho intramolecular Hbond substituents is 1. The van der Waals surface area contributed by atoms with Gasteiger partial charge in [0.1, 0.15) is 11.4 Å². The van der Waals surface area contributed by atoms with Crippen LogP contribution in [0.25, 0.3) is 0 Å². The van der Waals surface area contributed by atoms with Gasteiger partial charge < -0.3 is 15.7 Å². The van der Waals surface area contributed by atoms with Crippen LogP contribution in [0.1, 0.15) is 54.7 Å². The first-order valence-corrected chi connectivity index (χ1v) is 9.13. The third-order valence-electron chi connectivity index (χ3n) is 4.37. The number of hydrogen-bond donors (Lipinski definition) is 3. The van der Waals surface area contributed by atoms with Gasteiger partial charge in [0.25, 0.3) is 5.91 Å². The first kappa shape index (κ1) is 19.2. The van der Waals surface area contributed by atoms with Crippen LogP contribution in [0.5, 0.6) is 5.75 Å². The monoisotopic (exact) mass is 387 g/mol. The maximum absolute atomic E-state index is 12.8. The van der Waals surface area contributed by atoms with E-state index in [9.17, 15) is 14.7 Å². The molecule has 1 aromatic heterocycles. The lowest BCUT2D eigenvalue weighted by Crippen LogP contribution is -2.40. The van der Waals surface area contributed by atoms with Crippen molar-refractivity contribution in [1.29, 1.82) is 0 Å². The summed E-state index contributed by atoms with van der Waals surface area (Å²) < 4.78 is 0. The maximum Gasteiger partial charge on any atom is 0.270 e. The van der Waals surface area contributed by atoms with E-state index in [2.05, 4.69) is 15.6 Å². The number of anilines is 1. The van der Waals surface area contributed by atoms with Crippen LogP contribution in [0, 0.1) is 0 Å². The summed E-state index contributed by atoms with van der Waals surface area (Å²) in [5, 5.41) is 16.4. The molecule has 1 atom stereocenters. The number of halogens is 1. The summed E-state index contributed by atoms with van der Waals surface area (Å²) in [5.41, 5.74) is 1.71. The first-order valence-electron chi connectivity index (χ1n) is 8.75. The number of carbonyl (C=O) groups is 2. The molecule has 0 spiro atoms. The molecule has 7 heteroatoms. The van der Waals surface area contributed by atoms with E-state index in [0.29, 0.717) is 29.1 Å². The van der Waals surface area contributed by atoms with Crippen LogP contribution in [0.3, 0.4) is 0 Å². The van der Waals surface area contributed by atoms with Crippen molar-refractivity contribution in [2.45, 2.75) is 45.1 Å². The molecule has 1 aliphatic rings. The van der Waals surface area contributed by atoms with Gasteiger partial charge in [0.2, 0.25) is 5.91 Å². The quantitative estimate of drug-likeness (QED) is 0.749. The van der Waals surface area contributed by atoms with Crippen molar-refractivity contribution in [3.8, 4) is 5.75 Å². The van der Waals surface area contributed by atoms with Crippen molar-refractivity contribution in [3.63, 3.8) is 0 Å². The summed E-state index contributed by atoms with van der Waals surface area (Å²) in [6, 6.07) is 6.30. The van der Waals surface area contributed by atoms with Gasteiger partial charge in [-0.15, -0.1) is 0 Å². The van der Waals surface area contributed by atoms with Gasteiger partial charge in [-0.05, 0) is 63.4 Å². The summed E-state index contributed by atoms with van der Waals surface area (Å²) >= 11 is 6.18. The zero-order valence-corrected chi connectivity index (χ0v) is 16.2. The number of pyridine rings is 1. The molecule has 2 amide bonds. The fourth-order valence-electron chi connectivity index (χ4n) is 3.23. The summed E-state index contributed by atoms with van der Waals surface area (Å²) in [6.45, 7) is 5.64. The highest BCUT2D eigenvalue weighted by Crippen LogP contribution is 2.42. The third kappa shape index (κ3) is 4.22. The number of phenols is 1. The second-order valence-electron chi connectivity index (χ2n) is 7.67. The number of rotatable bonds is 3. The number of nitrogens with zero attached hydrogens (tertiary/aromatic N) is 1. The van der Waals surface area contributed by atoms with Crippen LogP contribution in [0.4, 0.5) is 5.69 Å². The number of carbonyl (C=O) groups excluding carboxylic acids is 2. The van der Waals surface area contributed by atoms with Gasteiger partial charge >= 0.3 is 0 Å². The molecule has 3 N–H and O–H groups in total. The lowest BCUT2D eigenvalue weighted by molar-refractivity contribution is -0.117. The van der Waals surface area contributed by atoms with Gasteiger partial charge in [-0.3, -0.25) is 14.6 Å². The molecule has 27 heavy (non-hydrogen) atoms. The molecule has 0 unspecified atom stereocenters. The van der Waals surface area contributed by atoms with E-state index in [4.69, 9.17) is 11.6 Å². The molecule has 2 aromatic rings. The molecule has 1 aliphatic carbocycles. The zero-order valence-electron chi connectivity index (χ0n) is 15.5. The first-order chi connectivity index (χ1) is 12.7. The Bertz CT molecular complexity index is 906. The Kier molecular flexibility index (Phi) is 5.11. The van der Waals surface area contributed by atoms with Crippen molar-refractivity contribution in [2.75, 3.05) is 5.32 Å². The number of benzene rings is 1. The Morgan fingerprint density at radius 2 is 2.00 bits per heavy atom. The molecule has 142 valence electrons. The third-order valence-corrected chi connectivity index (χ3v) is 4.73. The average Bonchev–Trinajstić information content (AvgIpc) is 3.03. The van der Waals surface area contributed by atoms with E-state index >= 15 is 0 Å². The Balaban J connectivity index is 1.78. The molecule has 1 heterocycles. The number of fused-ring (bicyclic) bond motifs is 1. The summed E-state index contributed by atoms with van der Waals surface area (Å²) in [7, 11) is 0. The van der Waals surface area contributed by atoms with Crippen molar-refractivity contribution < 1.29 is 14.7 Å². The minimum absolute atomic E-state index is 0.0759. The molecule has 0 fully saturated rings. The molecule has 1 aromatic carbocycles. The van der Waals surface area contributed by atoms with E-state index in [1.54, 1.807) is 12.1 Å². The molecule has 3 rings (SSSR count). The van der Waals surface area contributed by atoms with Crippen LogP contribution in [-0.2, 0) is 11.2 Å². The van der Waals surface area contributed by atoms with Crippen LogP contribution >= 0.6 is 11.6 Å². The highest BCUT2D eigenvalue weighted by atomic mass is 35.5. The van der Waals surface area contributed by atoms with Gasteiger partial charge in [0.05, 0.1) is 5.92 Å². The average molecular weight is 388 g/mol. The molecule has 0 radical (unpaired) electrons. The normalized spacial score (nSPS) is 15.9. The summed E-state index contributed by atoms with van der Waals surface area (Å²) in [5.74, 6) is -0.973. The molecule has 0 saturated heterocycles. The van der Waals surface area contributed by atoms with Crippen molar-refractivity contribution in [1.82, 2.24) is 10.3 Å². The van der Waals surface area contributed by atoms with Crippen molar-refractivity contribution in [2.24, 2.45) is 0 Å². The van der Waals surface area contributed by atoms with E-state index in [0.717, 1.165) is 5.56 Å². The SMILES string of the molecule is CC(C)(C)NC(=O)c1cc(NC(=O)[C@@H]2CCc3c(Cl)ccc(O)c32)ccn1. The Hall–Kier alpha value is -2.60. The predicted octanol–water partition coefficient (Wildman–Crippen LogP) is 3.64. The topological polar surface area (TPSA) is 91.3 Å². The molecule has 6 nitrogen and oxygen atoms in total. The summed E-state index contributed by atoms with van der Waals surface area (Å²) in [4.78, 5) is 29.1. The van der Waals surface area contributed by atoms with E-state index < -0.39 is 5.92 Å². The van der Waals surface area contributed by atoms with Gasteiger partial charge in [0.15, 0.2) is 0 Å². The van der Waals surface area contributed by atoms with E-state index in [1.165, 1.54) is 18.3 Å². The molecule has 0 saturated carbocycles. The van der Waals surface area contributed by atoms with Gasteiger partial charge in [0, 0.05) is 28.0 Å². The molecule has 0 bridgehead atoms. The molecular weight excluding hydrogens is 366 g/mol. The van der Waals surface area contributed by atoms with E-state index in [1.807, 2.05) is 20.8 Å². The summed E-state index contributed by atoms with van der Waals surface area (Å²) in [6.07, 6.45) is 2.68. The largest absolute Gasteiger partial charge is 0.508 e. The minimum atomic E-state index is -0.487. The van der Waals surface area contributed by atoms with Crippen LogP contribution in [0.15, 0.2) is 30.5 Å². The number of aromatic hydroxyl groups is 1. The molecule has 0 aliphatic heterocycles. The predicted molar refractivity (Wildman–Crippen MR) is 104 cm³/mol.